The lowest BCUT2D eigenvalue weighted by molar-refractivity contribution is 0.530. The van der Waals surface area contributed by atoms with Crippen LogP contribution in [0.2, 0.25) is 0 Å². The summed E-state index contributed by atoms with van der Waals surface area (Å²) in [5.74, 6) is 0. The zero-order valence-electron chi connectivity index (χ0n) is 10.7. The molecule has 18 heavy (non-hydrogen) atoms. The van der Waals surface area contributed by atoms with Gasteiger partial charge in [-0.05, 0) is 49.3 Å². The van der Waals surface area contributed by atoms with Gasteiger partial charge in [0.05, 0.1) is 0 Å². The van der Waals surface area contributed by atoms with Crippen LogP contribution in [-0.2, 0) is 0 Å². The van der Waals surface area contributed by atoms with E-state index in [1.54, 1.807) is 0 Å². The minimum atomic E-state index is 0. The summed E-state index contributed by atoms with van der Waals surface area (Å²) in [6, 6.07) is 0. The van der Waals surface area contributed by atoms with Crippen molar-refractivity contribution < 1.29 is 0 Å². The molecule has 4 heteroatoms. The lowest BCUT2D eigenvalue weighted by Crippen LogP contribution is -2.12. The van der Waals surface area contributed by atoms with Crippen molar-refractivity contribution in [3.8, 4) is 0 Å². The Balaban J connectivity index is 0.00000144. The van der Waals surface area contributed by atoms with Crippen molar-refractivity contribution in [2.24, 2.45) is 0 Å². The van der Waals surface area contributed by atoms with Gasteiger partial charge in [-0.25, -0.2) is 0 Å². The summed E-state index contributed by atoms with van der Waals surface area (Å²) in [6.45, 7) is 6.33. The second-order valence-electron chi connectivity index (χ2n) is 3.83. The molecule has 0 aliphatic carbocycles. The van der Waals surface area contributed by atoms with Crippen molar-refractivity contribution in [1.29, 1.82) is 0 Å². The topological polar surface area (TPSA) is 6.48 Å². The van der Waals surface area contributed by atoms with Crippen LogP contribution in [0.3, 0.4) is 0 Å². The molecule has 2 nitrogen and oxygen atoms in total. The third-order valence-electron chi connectivity index (χ3n) is 2.85. The number of rotatable bonds is 2. The molecule has 0 aromatic heterocycles. The molecule has 0 fully saturated rings. The van der Waals surface area contributed by atoms with Gasteiger partial charge in [-0.1, -0.05) is 0 Å². The van der Waals surface area contributed by atoms with Gasteiger partial charge in [0.1, 0.15) is 0 Å². The lowest BCUT2D eigenvalue weighted by atomic mass is 10.0. The van der Waals surface area contributed by atoms with Crippen LogP contribution in [0.15, 0.2) is 60.3 Å². The third-order valence-corrected chi connectivity index (χ3v) is 2.85. The molecule has 0 saturated carbocycles. The van der Waals surface area contributed by atoms with Gasteiger partial charge in [0.15, 0.2) is 0 Å². The Kier molecular flexibility index (Phi) is 7.56. The van der Waals surface area contributed by atoms with Gasteiger partial charge in [-0.2, -0.15) is 0 Å². The molecular formula is C14H20Cl2N2. The molecule has 0 spiro atoms. The zero-order valence-corrected chi connectivity index (χ0v) is 12.4. The maximum Gasteiger partial charge on any atom is 0.0191 e. The fourth-order valence-electron chi connectivity index (χ4n) is 1.72. The molecule has 0 aromatic rings. The molecule has 100 valence electrons. The van der Waals surface area contributed by atoms with Crippen LogP contribution in [-0.4, -0.2) is 22.9 Å². The molecule has 0 amide bonds. The van der Waals surface area contributed by atoms with Crippen molar-refractivity contribution in [2.75, 3.05) is 13.1 Å². The highest BCUT2D eigenvalue weighted by Gasteiger charge is 2.04. The predicted octanol–water partition coefficient (Wildman–Crippen LogP) is 3.85. The highest BCUT2D eigenvalue weighted by molar-refractivity contribution is 5.85. The minimum absolute atomic E-state index is 0. The SMILES string of the molecule is CCN1C=CC(=C2C=CN(CC)C=C2)C=C1.Cl.Cl. The predicted molar refractivity (Wildman–Crippen MR) is 82.8 cm³/mol. The Hall–Kier alpha value is -1.12. The Bertz CT molecular complexity index is 336. The number of halogens is 2. The van der Waals surface area contributed by atoms with Crippen LogP contribution in [0.5, 0.6) is 0 Å². The van der Waals surface area contributed by atoms with E-state index < -0.39 is 0 Å². The van der Waals surface area contributed by atoms with Crippen LogP contribution in [0.4, 0.5) is 0 Å². The van der Waals surface area contributed by atoms with E-state index in [0.29, 0.717) is 0 Å². The van der Waals surface area contributed by atoms with Gasteiger partial charge in [0, 0.05) is 37.9 Å². The summed E-state index contributed by atoms with van der Waals surface area (Å²) in [5.41, 5.74) is 2.54. The Morgan fingerprint density at radius 3 is 1.17 bits per heavy atom. The molecule has 0 unspecified atom stereocenters. The summed E-state index contributed by atoms with van der Waals surface area (Å²) < 4.78 is 0. The fraction of sp³-hybridized carbons (Fsp3) is 0.286. The molecule has 0 bridgehead atoms. The quantitative estimate of drug-likeness (QED) is 0.761. The summed E-state index contributed by atoms with van der Waals surface area (Å²) in [7, 11) is 0. The van der Waals surface area contributed by atoms with E-state index in [4.69, 9.17) is 0 Å². The number of hydrogen-bond donors (Lipinski definition) is 0. The van der Waals surface area contributed by atoms with Gasteiger partial charge in [-0.3, -0.25) is 0 Å². The maximum absolute atomic E-state index is 2.17. The second-order valence-corrected chi connectivity index (χ2v) is 3.83. The molecule has 0 atom stereocenters. The van der Waals surface area contributed by atoms with Crippen molar-refractivity contribution in [2.45, 2.75) is 13.8 Å². The van der Waals surface area contributed by atoms with E-state index in [2.05, 4.69) is 72.8 Å². The Labute approximate surface area is 122 Å². The van der Waals surface area contributed by atoms with E-state index in [1.807, 2.05) is 0 Å². The molecule has 2 aliphatic heterocycles. The van der Waals surface area contributed by atoms with Gasteiger partial charge in [0.2, 0.25) is 0 Å². The van der Waals surface area contributed by atoms with Crippen LogP contribution in [0, 0.1) is 0 Å². The largest absolute Gasteiger partial charge is 0.354 e. The highest BCUT2D eigenvalue weighted by Crippen LogP contribution is 2.19. The number of allylic oxidation sites excluding steroid dienone is 6. The average Bonchev–Trinajstić information content (AvgIpc) is 2.39. The standard InChI is InChI=1S/C14H18N2.2ClH/c1-3-15-9-5-13(6-10-15)14-7-11-16(4-2)12-8-14;;/h5-12H,3-4H2,1-2H3;2*1H. The first-order valence-electron chi connectivity index (χ1n) is 5.82. The van der Waals surface area contributed by atoms with Crippen LogP contribution < -0.4 is 0 Å². The summed E-state index contributed by atoms with van der Waals surface area (Å²) in [4.78, 5) is 4.33. The molecule has 0 saturated heterocycles. The smallest absolute Gasteiger partial charge is 0.0191 e. The molecule has 0 radical (unpaired) electrons. The molecule has 0 N–H and O–H groups in total. The highest BCUT2D eigenvalue weighted by atomic mass is 35.5. The molecular weight excluding hydrogens is 267 g/mol. The lowest BCUT2D eigenvalue weighted by Gasteiger charge is -2.19. The molecule has 2 rings (SSSR count). The van der Waals surface area contributed by atoms with E-state index in [1.165, 1.54) is 11.1 Å². The van der Waals surface area contributed by atoms with Gasteiger partial charge < -0.3 is 9.80 Å². The van der Waals surface area contributed by atoms with Gasteiger partial charge in [-0.15, -0.1) is 24.8 Å². The van der Waals surface area contributed by atoms with Gasteiger partial charge in [0.25, 0.3) is 0 Å². The zero-order chi connectivity index (χ0) is 11.4. The van der Waals surface area contributed by atoms with Crippen molar-refractivity contribution in [3.05, 3.63) is 60.3 Å². The average molecular weight is 287 g/mol. The molecule has 2 heterocycles. The van der Waals surface area contributed by atoms with Crippen LogP contribution in [0.25, 0.3) is 0 Å². The van der Waals surface area contributed by atoms with Crippen molar-refractivity contribution in [1.82, 2.24) is 9.80 Å². The maximum atomic E-state index is 2.17. The monoisotopic (exact) mass is 286 g/mol. The molecule has 0 aromatic carbocycles. The Morgan fingerprint density at radius 2 is 0.944 bits per heavy atom. The third kappa shape index (κ3) is 3.97. The van der Waals surface area contributed by atoms with E-state index in [-0.39, 0.29) is 24.8 Å². The van der Waals surface area contributed by atoms with Crippen molar-refractivity contribution >= 4 is 24.8 Å². The second kappa shape index (κ2) is 8.06. The number of nitrogens with zero attached hydrogens (tertiary/aromatic N) is 2. The summed E-state index contributed by atoms with van der Waals surface area (Å²) in [6.07, 6.45) is 17.1. The minimum Gasteiger partial charge on any atom is -0.354 e. The normalized spacial score (nSPS) is 16.8. The summed E-state index contributed by atoms with van der Waals surface area (Å²) in [5, 5.41) is 0. The van der Waals surface area contributed by atoms with E-state index in [0.717, 1.165) is 13.1 Å². The van der Waals surface area contributed by atoms with E-state index >= 15 is 0 Å². The van der Waals surface area contributed by atoms with Crippen molar-refractivity contribution in [3.63, 3.8) is 0 Å². The first kappa shape index (κ1) is 16.9. The van der Waals surface area contributed by atoms with Gasteiger partial charge >= 0.3 is 0 Å². The fourth-order valence-corrected chi connectivity index (χ4v) is 1.72. The first-order chi connectivity index (χ1) is 7.83. The first-order valence-corrected chi connectivity index (χ1v) is 5.82. The number of hydrogen-bond acceptors (Lipinski definition) is 2. The van der Waals surface area contributed by atoms with Crippen LogP contribution >= 0.6 is 24.8 Å². The Morgan fingerprint density at radius 1 is 0.667 bits per heavy atom. The van der Waals surface area contributed by atoms with Crippen LogP contribution in [0.1, 0.15) is 13.8 Å². The summed E-state index contributed by atoms with van der Waals surface area (Å²) >= 11 is 0. The van der Waals surface area contributed by atoms with E-state index in [9.17, 15) is 0 Å². The molecule has 2 aliphatic rings.